The van der Waals surface area contributed by atoms with Gasteiger partial charge in [0.2, 0.25) is 0 Å². The smallest absolute Gasteiger partial charge is 0.251 e. The molecule has 0 aliphatic carbocycles. The Balaban J connectivity index is 1.43. The van der Waals surface area contributed by atoms with E-state index in [-0.39, 0.29) is 17.9 Å². The fourth-order valence-corrected chi connectivity index (χ4v) is 4.40. The van der Waals surface area contributed by atoms with Crippen molar-refractivity contribution in [1.29, 1.82) is 0 Å². The molecule has 1 N–H and O–H groups in total. The number of furan rings is 1. The van der Waals surface area contributed by atoms with E-state index in [0.29, 0.717) is 12.1 Å². The van der Waals surface area contributed by atoms with E-state index in [9.17, 15) is 4.79 Å². The second-order valence-corrected chi connectivity index (χ2v) is 9.06. The van der Waals surface area contributed by atoms with Crippen LogP contribution in [-0.2, 0) is 13.1 Å². The van der Waals surface area contributed by atoms with Gasteiger partial charge < -0.3 is 14.6 Å². The molecule has 0 saturated heterocycles. The highest BCUT2D eigenvalue weighted by atomic mass is 16.3. The number of carbonyl (C=O) groups is 1. The summed E-state index contributed by atoms with van der Waals surface area (Å²) in [5, 5.41) is 7.71. The second-order valence-electron chi connectivity index (χ2n) is 9.06. The van der Waals surface area contributed by atoms with Crippen molar-refractivity contribution < 1.29 is 9.21 Å². The molecule has 2 aromatic carbocycles. The van der Waals surface area contributed by atoms with Crippen molar-refractivity contribution in [3.63, 3.8) is 0 Å². The van der Waals surface area contributed by atoms with Crippen LogP contribution in [0.15, 0.2) is 71.4 Å². The van der Waals surface area contributed by atoms with Gasteiger partial charge in [0, 0.05) is 30.4 Å². The third-order valence-corrected chi connectivity index (χ3v) is 6.21. The first-order valence-corrected chi connectivity index (χ1v) is 11.7. The molecule has 7 heteroatoms. The van der Waals surface area contributed by atoms with Gasteiger partial charge in [-0.2, -0.15) is 5.10 Å². The number of carbonyl (C=O) groups excluding carboxylic acids is 1. The number of aryl methyl sites for hydroxylation is 1. The normalized spacial score (nSPS) is 15.1. The average Bonchev–Trinajstić information content (AvgIpc) is 3.57. The van der Waals surface area contributed by atoms with Crippen LogP contribution in [0.2, 0.25) is 0 Å². The Kier molecular flexibility index (Phi) is 5.92. The second kappa shape index (κ2) is 9.17. The molecule has 1 aliphatic rings. The number of nitrogens with one attached hydrogen (secondary N) is 1. The van der Waals surface area contributed by atoms with Gasteiger partial charge in [0.25, 0.3) is 5.91 Å². The Morgan fingerprint density at radius 1 is 1.15 bits per heavy atom. The fourth-order valence-electron chi connectivity index (χ4n) is 4.40. The van der Waals surface area contributed by atoms with Gasteiger partial charge in [0.15, 0.2) is 5.82 Å². The lowest BCUT2D eigenvalue weighted by molar-refractivity contribution is 0.0948. The average molecular weight is 456 g/mol. The molecule has 0 saturated carbocycles. The molecule has 4 aromatic rings. The maximum absolute atomic E-state index is 12.9. The summed E-state index contributed by atoms with van der Waals surface area (Å²) in [5.41, 5.74) is 4.06. The lowest BCUT2D eigenvalue weighted by Gasteiger charge is -2.20. The highest BCUT2D eigenvalue weighted by Crippen LogP contribution is 2.40. The van der Waals surface area contributed by atoms with Gasteiger partial charge in [0.1, 0.15) is 17.8 Å². The van der Waals surface area contributed by atoms with E-state index >= 15 is 0 Å². The number of benzene rings is 2. The number of fused-ring (bicyclic) bond motifs is 1. The first kappa shape index (κ1) is 21.9. The van der Waals surface area contributed by atoms with Crippen LogP contribution in [0.25, 0.3) is 0 Å². The van der Waals surface area contributed by atoms with E-state index in [1.165, 1.54) is 5.56 Å². The van der Waals surface area contributed by atoms with Crippen molar-refractivity contribution in [3.05, 3.63) is 101 Å². The Morgan fingerprint density at radius 3 is 2.68 bits per heavy atom. The highest BCUT2D eigenvalue weighted by molar-refractivity contribution is 5.95. The van der Waals surface area contributed by atoms with Crippen LogP contribution in [0.1, 0.15) is 64.6 Å². The van der Waals surface area contributed by atoms with Crippen molar-refractivity contribution in [2.24, 2.45) is 0 Å². The van der Waals surface area contributed by atoms with Crippen LogP contribution in [0.4, 0.5) is 5.69 Å². The summed E-state index contributed by atoms with van der Waals surface area (Å²) in [6.45, 7) is 7.98. The van der Waals surface area contributed by atoms with Gasteiger partial charge in [-0.3, -0.25) is 9.48 Å². The molecule has 1 aliphatic heterocycles. The van der Waals surface area contributed by atoms with Gasteiger partial charge in [0.05, 0.1) is 12.5 Å². The monoisotopic (exact) mass is 455 g/mol. The van der Waals surface area contributed by atoms with Crippen molar-refractivity contribution in [2.45, 2.75) is 45.8 Å². The molecule has 174 valence electrons. The maximum atomic E-state index is 12.9. The van der Waals surface area contributed by atoms with Crippen molar-refractivity contribution in [2.75, 3.05) is 11.4 Å². The van der Waals surface area contributed by atoms with Crippen molar-refractivity contribution in [3.8, 4) is 0 Å². The number of anilines is 1. The quantitative estimate of drug-likeness (QED) is 0.431. The molecular weight excluding hydrogens is 426 g/mol. The number of amides is 1. The minimum Gasteiger partial charge on any atom is -0.465 e. The van der Waals surface area contributed by atoms with E-state index in [4.69, 9.17) is 9.52 Å². The predicted octanol–water partition coefficient (Wildman–Crippen LogP) is 4.84. The van der Waals surface area contributed by atoms with Gasteiger partial charge in [-0.1, -0.05) is 30.3 Å². The Labute approximate surface area is 199 Å². The Morgan fingerprint density at radius 2 is 1.97 bits per heavy atom. The zero-order valence-corrected chi connectivity index (χ0v) is 19.7. The molecule has 0 bridgehead atoms. The summed E-state index contributed by atoms with van der Waals surface area (Å²) in [4.78, 5) is 19.9. The first-order chi connectivity index (χ1) is 16.5. The third kappa shape index (κ3) is 4.46. The van der Waals surface area contributed by atoms with Crippen molar-refractivity contribution in [1.82, 2.24) is 20.1 Å². The van der Waals surface area contributed by atoms with Crippen LogP contribution in [0.5, 0.6) is 0 Å². The van der Waals surface area contributed by atoms with E-state index in [1.807, 2.05) is 48.0 Å². The van der Waals surface area contributed by atoms with Crippen LogP contribution in [0.3, 0.4) is 0 Å². The number of hydrogen-bond donors (Lipinski definition) is 1. The minimum absolute atomic E-state index is 0.000754. The molecule has 1 unspecified atom stereocenters. The van der Waals surface area contributed by atoms with Crippen molar-refractivity contribution >= 4 is 11.6 Å². The van der Waals surface area contributed by atoms with E-state index in [2.05, 4.69) is 53.3 Å². The summed E-state index contributed by atoms with van der Waals surface area (Å²) < 4.78 is 7.46. The predicted molar refractivity (Wildman–Crippen MR) is 131 cm³/mol. The molecule has 5 rings (SSSR count). The number of aromatic nitrogens is 3. The Bertz CT molecular complexity index is 1290. The van der Waals surface area contributed by atoms with Gasteiger partial charge in [-0.25, -0.2) is 4.98 Å². The van der Waals surface area contributed by atoms with Gasteiger partial charge in [-0.05, 0) is 62.2 Å². The highest BCUT2D eigenvalue weighted by Gasteiger charge is 2.33. The fraction of sp³-hybridized carbons (Fsp3) is 0.296. The minimum atomic E-state index is -0.127. The molecule has 3 heterocycles. The Hall–Kier alpha value is -3.87. The number of nitrogens with zero attached hydrogens (tertiary/aromatic N) is 4. The molecule has 0 spiro atoms. The lowest BCUT2D eigenvalue weighted by atomic mass is 9.98. The molecule has 7 nitrogen and oxygen atoms in total. The molecule has 0 radical (unpaired) electrons. The van der Waals surface area contributed by atoms with Crippen LogP contribution < -0.4 is 10.2 Å². The molecule has 2 aromatic heterocycles. The standard InChI is InChI=1S/C27H29N5O2/c1-18(2)32-17-29-26(30-32)24-16-31(15-20-7-5-4-6-8-20)25-12-10-21(13-23(24)25)27(33)28-14-22-11-9-19(3)34-22/h4-13,17-18,24H,14-16H2,1-3H3,(H,28,33). The molecule has 1 atom stereocenters. The topological polar surface area (TPSA) is 76.2 Å². The summed E-state index contributed by atoms with van der Waals surface area (Å²) in [6.07, 6.45) is 1.79. The summed E-state index contributed by atoms with van der Waals surface area (Å²) in [6, 6.07) is 20.4. The SMILES string of the molecule is Cc1ccc(CNC(=O)c2ccc3c(c2)C(c2ncn(C(C)C)n2)CN3Cc2ccccc2)o1. The van der Waals surface area contributed by atoms with Crippen LogP contribution in [-0.4, -0.2) is 27.2 Å². The largest absolute Gasteiger partial charge is 0.465 e. The lowest BCUT2D eigenvalue weighted by Crippen LogP contribution is -2.22. The number of hydrogen-bond acceptors (Lipinski definition) is 5. The van der Waals surface area contributed by atoms with E-state index in [0.717, 1.165) is 41.7 Å². The summed E-state index contributed by atoms with van der Waals surface area (Å²) in [5.74, 6) is 2.23. The summed E-state index contributed by atoms with van der Waals surface area (Å²) in [7, 11) is 0. The first-order valence-electron chi connectivity index (χ1n) is 11.7. The zero-order valence-electron chi connectivity index (χ0n) is 19.7. The van der Waals surface area contributed by atoms with Gasteiger partial charge in [-0.15, -0.1) is 0 Å². The molecular formula is C27H29N5O2. The van der Waals surface area contributed by atoms with Crippen LogP contribution in [0, 0.1) is 6.92 Å². The molecule has 0 fully saturated rings. The zero-order chi connectivity index (χ0) is 23.7. The molecule has 34 heavy (non-hydrogen) atoms. The van der Waals surface area contributed by atoms with Crippen LogP contribution >= 0.6 is 0 Å². The van der Waals surface area contributed by atoms with Gasteiger partial charge >= 0.3 is 0 Å². The van der Waals surface area contributed by atoms with E-state index < -0.39 is 0 Å². The third-order valence-electron chi connectivity index (χ3n) is 6.21. The van der Waals surface area contributed by atoms with E-state index in [1.54, 1.807) is 6.33 Å². The number of rotatable bonds is 7. The maximum Gasteiger partial charge on any atom is 0.251 e. The summed E-state index contributed by atoms with van der Waals surface area (Å²) >= 11 is 0. The molecule has 1 amide bonds.